The Balaban J connectivity index is 2.26. The summed E-state index contributed by atoms with van der Waals surface area (Å²) in [7, 11) is -4.76. The van der Waals surface area contributed by atoms with Crippen molar-refractivity contribution in [3.05, 3.63) is 11.1 Å². The van der Waals surface area contributed by atoms with E-state index in [1.165, 1.54) is 26.2 Å². The van der Waals surface area contributed by atoms with Gasteiger partial charge in [0.1, 0.15) is 11.7 Å². The number of anilines is 1. The summed E-state index contributed by atoms with van der Waals surface area (Å²) in [4.78, 5) is 44.4. The van der Waals surface area contributed by atoms with Gasteiger partial charge in [-0.15, -0.1) is 11.3 Å². The maximum atomic E-state index is 12.6. The van der Waals surface area contributed by atoms with Crippen LogP contribution in [0.3, 0.4) is 0 Å². The van der Waals surface area contributed by atoms with Crippen molar-refractivity contribution in [1.29, 1.82) is 0 Å². The van der Waals surface area contributed by atoms with Crippen LogP contribution in [0.4, 0.5) is 5.13 Å². The van der Waals surface area contributed by atoms with Gasteiger partial charge in [0.25, 0.3) is 11.8 Å². The molecular weight excluding hydrogens is 418 g/mol. The molecular formula is C13H17N5O8S2. The van der Waals surface area contributed by atoms with E-state index in [4.69, 9.17) is 20.2 Å². The molecule has 13 nitrogen and oxygen atoms in total. The van der Waals surface area contributed by atoms with E-state index in [1.807, 2.05) is 0 Å². The molecule has 0 unspecified atom stereocenters. The first-order chi connectivity index (χ1) is 12.8. The minimum atomic E-state index is -4.76. The number of nitrogens with two attached hydrogens (primary N) is 1. The van der Waals surface area contributed by atoms with Gasteiger partial charge in [0.05, 0.1) is 6.04 Å². The maximum absolute atomic E-state index is 12.6. The summed E-state index contributed by atoms with van der Waals surface area (Å²) in [5, 5.41) is 16.3. The van der Waals surface area contributed by atoms with Gasteiger partial charge in [-0.3, -0.25) is 14.1 Å². The second kappa shape index (κ2) is 7.33. The fraction of sp³-hybridized carbons (Fsp3) is 0.462. The lowest BCUT2D eigenvalue weighted by Gasteiger charge is -2.42. The number of nitrogens with one attached hydrogen (secondary N) is 1. The average Bonchev–Trinajstić information content (AvgIpc) is 2.97. The van der Waals surface area contributed by atoms with Gasteiger partial charge in [-0.2, -0.15) is 8.42 Å². The number of thiazole rings is 1. The number of aromatic nitrogens is 1. The fourth-order valence-electron chi connectivity index (χ4n) is 2.11. The van der Waals surface area contributed by atoms with E-state index in [2.05, 4.69) is 15.5 Å². The molecule has 5 N–H and O–H groups in total. The molecule has 0 spiro atoms. The van der Waals surface area contributed by atoms with Crippen LogP contribution in [0.1, 0.15) is 26.5 Å². The van der Waals surface area contributed by atoms with Crippen LogP contribution in [0.2, 0.25) is 0 Å². The number of hydrogen-bond donors (Lipinski definition) is 4. The van der Waals surface area contributed by atoms with Crippen molar-refractivity contribution < 1.29 is 37.3 Å². The van der Waals surface area contributed by atoms with Crippen molar-refractivity contribution in [2.45, 2.75) is 38.5 Å². The van der Waals surface area contributed by atoms with Crippen LogP contribution in [-0.4, -0.2) is 68.5 Å². The molecule has 0 aliphatic carbocycles. The lowest BCUT2D eigenvalue weighted by atomic mass is 10.0. The molecule has 0 bridgehead atoms. The van der Waals surface area contributed by atoms with Crippen LogP contribution >= 0.6 is 11.3 Å². The van der Waals surface area contributed by atoms with Gasteiger partial charge in [-0.25, -0.2) is 14.1 Å². The number of amides is 2. The van der Waals surface area contributed by atoms with Crippen molar-refractivity contribution in [3.8, 4) is 0 Å². The minimum absolute atomic E-state index is 0.0350. The van der Waals surface area contributed by atoms with E-state index < -0.39 is 51.5 Å². The molecule has 28 heavy (non-hydrogen) atoms. The predicted molar refractivity (Wildman–Crippen MR) is 95.7 cm³/mol. The fourth-order valence-corrected chi connectivity index (χ4v) is 3.54. The smallest absolute Gasteiger partial charge is 0.362 e. The minimum Gasteiger partial charge on any atom is -0.478 e. The zero-order valence-corrected chi connectivity index (χ0v) is 16.4. The molecule has 1 aromatic heterocycles. The van der Waals surface area contributed by atoms with Crippen LogP contribution in [0, 0.1) is 0 Å². The van der Waals surface area contributed by atoms with Crippen molar-refractivity contribution in [2.75, 3.05) is 5.73 Å². The molecule has 1 aromatic rings. The summed E-state index contributed by atoms with van der Waals surface area (Å²) < 4.78 is 31.4. The first kappa shape index (κ1) is 21.5. The van der Waals surface area contributed by atoms with E-state index >= 15 is 0 Å². The third kappa shape index (κ3) is 4.20. The number of hydrogen-bond acceptors (Lipinski definition) is 10. The lowest BCUT2D eigenvalue weighted by molar-refractivity contribution is -0.161. The van der Waals surface area contributed by atoms with Crippen molar-refractivity contribution >= 4 is 50.3 Å². The van der Waals surface area contributed by atoms with Gasteiger partial charge >= 0.3 is 16.3 Å². The molecule has 0 aromatic carbocycles. The summed E-state index contributed by atoms with van der Waals surface area (Å²) in [5.41, 5.74) is 3.26. The largest absolute Gasteiger partial charge is 0.478 e. The predicted octanol–water partition coefficient (Wildman–Crippen LogP) is -1.17. The first-order valence-electron chi connectivity index (χ1n) is 7.58. The quantitative estimate of drug-likeness (QED) is 0.175. The van der Waals surface area contributed by atoms with Crippen LogP contribution in [0.5, 0.6) is 0 Å². The van der Waals surface area contributed by atoms with Gasteiger partial charge < -0.3 is 21.0 Å². The monoisotopic (exact) mass is 435 g/mol. The molecule has 1 fully saturated rings. The summed E-state index contributed by atoms with van der Waals surface area (Å²) in [6, 6.07) is -2.31. The number of rotatable bonds is 7. The highest BCUT2D eigenvalue weighted by molar-refractivity contribution is 7.84. The maximum Gasteiger partial charge on any atom is 0.362 e. The van der Waals surface area contributed by atoms with Gasteiger partial charge in [0.2, 0.25) is 5.60 Å². The Hall–Kier alpha value is -2.78. The highest BCUT2D eigenvalue weighted by Gasteiger charge is 2.51. The number of aliphatic carboxylic acids is 1. The number of carboxylic acid groups (broad SMARTS) is 1. The highest BCUT2D eigenvalue weighted by atomic mass is 32.2. The number of carboxylic acids is 1. The first-order valence-corrected chi connectivity index (χ1v) is 9.86. The number of β-lactam (4-membered cyclic amide) rings is 1. The molecule has 1 aliphatic heterocycles. The molecule has 1 aliphatic rings. The molecule has 1 saturated heterocycles. The summed E-state index contributed by atoms with van der Waals surface area (Å²) in [6.07, 6.45) is 0. The van der Waals surface area contributed by atoms with Gasteiger partial charge in [-0.05, 0) is 20.8 Å². The van der Waals surface area contributed by atoms with Gasteiger partial charge in [-0.1, -0.05) is 5.16 Å². The molecule has 2 amide bonds. The highest BCUT2D eigenvalue weighted by Crippen LogP contribution is 2.23. The zero-order chi connectivity index (χ0) is 21.4. The third-order valence-electron chi connectivity index (χ3n) is 3.73. The Kier molecular flexibility index (Phi) is 5.63. The summed E-state index contributed by atoms with van der Waals surface area (Å²) in [6.45, 7) is 3.69. The van der Waals surface area contributed by atoms with E-state index in [0.29, 0.717) is 0 Å². The Bertz CT molecular complexity index is 954. The van der Waals surface area contributed by atoms with Crippen LogP contribution < -0.4 is 11.1 Å². The Morgan fingerprint density at radius 3 is 2.50 bits per heavy atom. The van der Waals surface area contributed by atoms with E-state index in [-0.39, 0.29) is 15.1 Å². The molecule has 15 heteroatoms. The summed E-state index contributed by atoms with van der Waals surface area (Å²) in [5.74, 6) is -3.38. The second-order valence-electron chi connectivity index (χ2n) is 6.22. The standard InChI is InChI=1S/C13H17N5O8S2/c1-5-7(10(20)18(5)28(23,24)25)16-9(19)8(6-4-27-12(14)15-6)17-26-13(2,3)11(21)22/h4-5,7H,1-3H3,(H2,14,15)(H,16,19)(H,21,22)(H,23,24,25)/b17-8-/t5-,7+/m1/s1. The molecule has 2 heterocycles. The van der Waals surface area contributed by atoms with Crippen LogP contribution in [0.15, 0.2) is 10.5 Å². The zero-order valence-electron chi connectivity index (χ0n) is 14.8. The SMILES string of the molecule is C[C@@H]1[C@H](NC(=O)/C(=N\OC(C)(C)C(=O)O)c2csc(N)n2)C(=O)N1S(=O)(=O)O. The number of nitrogen functional groups attached to an aromatic ring is 1. The Morgan fingerprint density at radius 2 is 2.07 bits per heavy atom. The molecule has 2 atom stereocenters. The molecule has 0 radical (unpaired) electrons. The molecule has 2 rings (SSSR count). The molecule has 154 valence electrons. The van der Waals surface area contributed by atoms with Crippen LogP contribution in [0.25, 0.3) is 0 Å². The topological polar surface area (TPSA) is 202 Å². The summed E-state index contributed by atoms with van der Waals surface area (Å²) >= 11 is 0.980. The van der Waals surface area contributed by atoms with Gasteiger partial charge in [0, 0.05) is 5.38 Å². The number of carbonyl (C=O) groups excluding carboxylic acids is 2. The van der Waals surface area contributed by atoms with Crippen molar-refractivity contribution in [1.82, 2.24) is 14.6 Å². The van der Waals surface area contributed by atoms with Crippen molar-refractivity contribution in [3.63, 3.8) is 0 Å². The van der Waals surface area contributed by atoms with Crippen molar-refractivity contribution in [2.24, 2.45) is 5.16 Å². The number of oxime groups is 1. The average molecular weight is 435 g/mol. The Labute approximate surface area is 163 Å². The van der Waals surface area contributed by atoms with E-state index in [0.717, 1.165) is 11.3 Å². The van der Waals surface area contributed by atoms with E-state index in [9.17, 15) is 22.8 Å². The second-order valence-corrected chi connectivity index (χ2v) is 8.40. The van der Waals surface area contributed by atoms with E-state index in [1.54, 1.807) is 0 Å². The number of nitrogens with zero attached hydrogens (tertiary/aromatic N) is 3. The van der Waals surface area contributed by atoms with Gasteiger partial charge in [0.15, 0.2) is 10.8 Å². The Morgan fingerprint density at radius 1 is 1.46 bits per heavy atom. The normalized spacial score (nSPS) is 20.5. The lowest BCUT2D eigenvalue weighted by Crippen LogP contribution is -2.71. The number of carbonyl (C=O) groups is 3. The van der Waals surface area contributed by atoms with Crippen LogP contribution in [-0.2, 0) is 29.5 Å². The molecule has 0 saturated carbocycles. The third-order valence-corrected chi connectivity index (χ3v) is 5.41.